The molecule has 0 bridgehead atoms. The molecule has 3 rings (SSSR count). The maximum atomic E-state index is 6.38. The van der Waals surface area contributed by atoms with Crippen molar-refractivity contribution in [2.24, 2.45) is 0 Å². The molecule has 2 nitrogen and oxygen atoms in total. The van der Waals surface area contributed by atoms with Crippen LogP contribution < -0.4 is 10.1 Å². The van der Waals surface area contributed by atoms with Crippen molar-refractivity contribution in [3.05, 3.63) is 91.4 Å². The summed E-state index contributed by atoms with van der Waals surface area (Å²) in [6.45, 7) is 2.81. The fraction of sp³-hybridized carbons (Fsp3) is 0.143. The second-order valence-corrected chi connectivity index (χ2v) is 7.80. The third-order valence-corrected chi connectivity index (χ3v) is 5.15. The van der Waals surface area contributed by atoms with Crippen molar-refractivity contribution in [2.45, 2.75) is 20.1 Å². The van der Waals surface area contributed by atoms with Gasteiger partial charge in [0.25, 0.3) is 0 Å². The molecule has 0 saturated heterocycles. The molecule has 0 unspecified atom stereocenters. The number of ether oxygens (including phenoxy) is 1. The highest BCUT2D eigenvalue weighted by Crippen LogP contribution is 2.34. The molecule has 6 heteroatoms. The first-order chi connectivity index (χ1) is 12.9. The average Bonchev–Trinajstić information content (AvgIpc) is 2.62. The molecule has 0 amide bonds. The van der Waals surface area contributed by atoms with E-state index in [0.717, 1.165) is 22.4 Å². The number of hydrogen-bond donors (Lipinski definition) is 1. The molecule has 0 saturated carbocycles. The minimum absolute atomic E-state index is 0.352. The Hall–Kier alpha value is -1.58. The lowest BCUT2D eigenvalue weighted by Crippen LogP contribution is -2.04. The molecule has 0 aliphatic rings. The molecule has 0 aliphatic heterocycles. The summed E-state index contributed by atoms with van der Waals surface area (Å²) in [5.41, 5.74) is 3.74. The summed E-state index contributed by atoms with van der Waals surface area (Å²) in [5.74, 6) is 0.590. The van der Waals surface area contributed by atoms with Crippen molar-refractivity contribution in [2.75, 3.05) is 5.32 Å². The molecule has 1 N–H and O–H groups in total. The number of nitrogens with one attached hydrogen (secondary N) is 1. The summed E-state index contributed by atoms with van der Waals surface area (Å²) in [6.07, 6.45) is 0. The fourth-order valence-electron chi connectivity index (χ4n) is 2.59. The van der Waals surface area contributed by atoms with Crippen LogP contribution in [0.5, 0.6) is 5.75 Å². The summed E-state index contributed by atoms with van der Waals surface area (Å²) >= 11 is 24.8. The van der Waals surface area contributed by atoms with Crippen molar-refractivity contribution >= 4 is 52.1 Å². The van der Waals surface area contributed by atoms with Gasteiger partial charge in [-0.15, -0.1) is 0 Å². The molecular formula is C21H17Cl4NO. The Morgan fingerprint density at radius 1 is 0.852 bits per heavy atom. The second kappa shape index (κ2) is 9.07. The predicted molar refractivity (Wildman–Crippen MR) is 116 cm³/mol. The van der Waals surface area contributed by atoms with Gasteiger partial charge in [-0.25, -0.2) is 0 Å². The van der Waals surface area contributed by atoms with Crippen molar-refractivity contribution in [3.8, 4) is 5.75 Å². The molecule has 3 aromatic carbocycles. The van der Waals surface area contributed by atoms with Crippen molar-refractivity contribution in [1.29, 1.82) is 0 Å². The largest absolute Gasteiger partial charge is 0.487 e. The van der Waals surface area contributed by atoms with Gasteiger partial charge in [0, 0.05) is 32.9 Å². The Kier molecular flexibility index (Phi) is 6.78. The van der Waals surface area contributed by atoms with Crippen molar-refractivity contribution in [1.82, 2.24) is 0 Å². The van der Waals surface area contributed by atoms with Crippen LogP contribution in [0.15, 0.2) is 54.6 Å². The molecule has 0 aromatic heterocycles. The molecule has 0 heterocycles. The molecule has 0 fully saturated rings. The zero-order valence-electron chi connectivity index (χ0n) is 14.5. The summed E-state index contributed by atoms with van der Waals surface area (Å²) in [4.78, 5) is 0. The highest BCUT2D eigenvalue weighted by molar-refractivity contribution is 6.35. The number of hydrogen-bond acceptors (Lipinski definition) is 2. The molecule has 0 atom stereocenters. The Morgan fingerprint density at radius 3 is 2.41 bits per heavy atom. The molecule has 0 spiro atoms. The molecule has 27 heavy (non-hydrogen) atoms. The van der Waals surface area contributed by atoms with Gasteiger partial charge >= 0.3 is 0 Å². The lowest BCUT2D eigenvalue weighted by molar-refractivity contribution is 0.303. The van der Waals surface area contributed by atoms with Crippen molar-refractivity contribution in [3.63, 3.8) is 0 Å². The van der Waals surface area contributed by atoms with E-state index >= 15 is 0 Å². The van der Waals surface area contributed by atoms with Crippen LogP contribution >= 0.6 is 46.4 Å². The Labute approximate surface area is 179 Å². The Bertz CT molecular complexity index is 959. The van der Waals surface area contributed by atoms with Crippen LogP contribution in [0.2, 0.25) is 20.1 Å². The van der Waals surface area contributed by atoms with Crippen LogP contribution in [0.1, 0.15) is 16.7 Å². The maximum Gasteiger partial charge on any atom is 0.143 e. The zero-order valence-corrected chi connectivity index (χ0v) is 17.6. The van der Waals surface area contributed by atoms with Gasteiger partial charge in [0.2, 0.25) is 0 Å². The lowest BCUT2D eigenvalue weighted by atomic mass is 10.1. The zero-order chi connectivity index (χ0) is 19.4. The first-order valence-corrected chi connectivity index (χ1v) is 9.79. The molecular weight excluding hydrogens is 424 g/mol. The smallest absolute Gasteiger partial charge is 0.143 e. The monoisotopic (exact) mass is 439 g/mol. The SMILES string of the molecule is Cc1ccc(NCc2cc(Cl)cc(Cl)c2OCc2cccc(Cl)c2)cc1Cl. The van der Waals surface area contributed by atoms with E-state index < -0.39 is 0 Å². The fourth-order valence-corrected chi connectivity index (χ4v) is 3.57. The molecule has 0 radical (unpaired) electrons. The Balaban J connectivity index is 1.78. The maximum absolute atomic E-state index is 6.38. The molecule has 0 aliphatic carbocycles. The van der Waals surface area contributed by atoms with Crippen LogP contribution in [0.4, 0.5) is 5.69 Å². The standard InChI is InChI=1S/C21H17Cl4NO/c1-13-5-6-18(10-19(13)24)26-11-15-8-17(23)9-20(25)21(15)27-12-14-3-2-4-16(22)7-14/h2-10,26H,11-12H2,1H3. The summed E-state index contributed by atoms with van der Waals surface area (Å²) < 4.78 is 5.98. The van der Waals surface area contributed by atoms with E-state index in [1.54, 1.807) is 6.07 Å². The lowest BCUT2D eigenvalue weighted by Gasteiger charge is -2.15. The highest BCUT2D eigenvalue weighted by atomic mass is 35.5. The average molecular weight is 441 g/mol. The van der Waals surface area contributed by atoms with E-state index in [-0.39, 0.29) is 0 Å². The van der Waals surface area contributed by atoms with Gasteiger partial charge in [-0.3, -0.25) is 0 Å². The molecule has 140 valence electrons. The van der Waals surface area contributed by atoms with E-state index in [9.17, 15) is 0 Å². The molecule has 3 aromatic rings. The van der Waals surface area contributed by atoms with Crippen molar-refractivity contribution < 1.29 is 4.74 Å². The minimum atomic E-state index is 0.352. The third kappa shape index (κ3) is 5.46. The number of aryl methyl sites for hydroxylation is 1. The minimum Gasteiger partial charge on any atom is -0.487 e. The van der Waals surface area contributed by atoms with Gasteiger partial charge in [0.05, 0.1) is 5.02 Å². The third-order valence-electron chi connectivity index (χ3n) is 4.01. The first-order valence-electron chi connectivity index (χ1n) is 8.27. The van der Waals surface area contributed by atoms with E-state index in [4.69, 9.17) is 51.1 Å². The van der Waals surface area contributed by atoms with E-state index in [1.165, 1.54) is 0 Å². The van der Waals surface area contributed by atoms with Crippen LogP contribution in [0.3, 0.4) is 0 Å². The quantitative estimate of drug-likeness (QED) is 0.422. The van der Waals surface area contributed by atoms with Gasteiger partial charge in [-0.2, -0.15) is 0 Å². The summed E-state index contributed by atoms with van der Waals surface area (Å²) in [6, 6.07) is 16.8. The van der Waals surface area contributed by atoms with E-state index in [2.05, 4.69) is 5.32 Å². The highest BCUT2D eigenvalue weighted by Gasteiger charge is 2.12. The van der Waals surface area contributed by atoms with Gasteiger partial charge in [0.1, 0.15) is 12.4 Å². The first kappa shape index (κ1) is 20.2. The van der Waals surface area contributed by atoms with Gasteiger partial charge < -0.3 is 10.1 Å². The van der Waals surface area contributed by atoms with Gasteiger partial charge in [-0.05, 0) is 54.4 Å². The predicted octanol–water partition coefficient (Wildman–Crippen LogP) is 7.80. The van der Waals surface area contributed by atoms with Crippen LogP contribution in [0, 0.1) is 6.92 Å². The van der Waals surface area contributed by atoms with Crippen LogP contribution in [-0.4, -0.2) is 0 Å². The summed E-state index contributed by atoms with van der Waals surface area (Å²) in [5, 5.41) is 5.71. The van der Waals surface area contributed by atoms with Crippen LogP contribution in [-0.2, 0) is 13.2 Å². The number of halogens is 4. The normalized spacial score (nSPS) is 10.7. The van der Waals surface area contributed by atoms with E-state index in [0.29, 0.717) is 39.0 Å². The summed E-state index contributed by atoms with van der Waals surface area (Å²) in [7, 11) is 0. The van der Waals surface area contributed by atoms with Crippen LogP contribution in [0.25, 0.3) is 0 Å². The topological polar surface area (TPSA) is 21.3 Å². The number of rotatable bonds is 6. The van der Waals surface area contributed by atoms with Gasteiger partial charge in [-0.1, -0.05) is 64.6 Å². The van der Waals surface area contributed by atoms with Gasteiger partial charge in [0.15, 0.2) is 0 Å². The Morgan fingerprint density at radius 2 is 1.67 bits per heavy atom. The van der Waals surface area contributed by atoms with E-state index in [1.807, 2.05) is 55.5 Å². The second-order valence-electron chi connectivity index (χ2n) is 6.11. The number of anilines is 1. The number of benzene rings is 3.